The molecule has 0 unspecified atom stereocenters. The number of hydrogen-bond acceptors (Lipinski definition) is 4. The second kappa shape index (κ2) is 5.40. The number of anilines is 1. The van der Waals surface area contributed by atoms with Crippen molar-refractivity contribution < 1.29 is 4.74 Å². The summed E-state index contributed by atoms with van der Waals surface area (Å²) in [7, 11) is 1.66. The number of rotatable bonds is 3. The number of nitrogens with two attached hydrogens (primary N) is 1. The number of ether oxygens (including phenoxy) is 1. The zero-order valence-electron chi connectivity index (χ0n) is 12.1. The van der Waals surface area contributed by atoms with E-state index in [0.29, 0.717) is 5.69 Å². The molecule has 0 amide bonds. The largest absolute Gasteiger partial charge is 0.497 e. The van der Waals surface area contributed by atoms with Crippen molar-refractivity contribution in [2.45, 2.75) is 13.3 Å². The summed E-state index contributed by atoms with van der Waals surface area (Å²) in [6.45, 7) is 2.07. The summed E-state index contributed by atoms with van der Waals surface area (Å²) in [6, 6.07) is 13.7. The zero-order valence-corrected chi connectivity index (χ0v) is 12.1. The first-order valence-electron chi connectivity index (χ1n) is 6.92. The number of aryl methyl sites for hydroxylation is 1. The third-order valence-electron chi connectivity index (χ3n) is 3.61. The topological polar surface area (TPSA) is 61.0 Å². The number of benzene rings is 2. The average molecular weight is 279 g/mol. The van der Waals surface area contributed by atoms with Gasteiger partial charge in [-0.2, -0.15) is 5.10 Å². The SMILES string of the molecule is CCc1nnc(-c2ccccc2N)c2cc(OC)ccc12. The minimum atomic E-state index is 0.695. The molecule has 4 heteroatoms. The maximum atomic E-state index is 6.09. The smallest absolute Gasteiger partial charge is 0.119 e. The van der Waals surface area contributed by atoms with Gasteiger partial charge in [0.25, 0.3) is 0 Å². The Labute approximate surface area is 123 Å². The summed E-state index contributed by atoms with van der Waals surface area (Å²) in [5.74, 6) is 0.799. The van der Waals surface area contributed by atoms with Crippen molar-refractivity contribution in [3.8, 4) is 17.0 Å². The molecule has 3 rings (SSSR count). The van der Waals surface area contributed by atoms with E-state index in [2.05, 4.69) is 17.1 Å². The monoisotopic (exact) mass is 279 g/mol. The Kier molecular flexibility index (Phi) is 3.44. The van der Waals surface area contributed by atoms with Crippen molar-refractivity contribution in [1.29, 1.82) is 0 Å². The molecule has 2 N–H and O–H groups in total. The van der Waals surface area contributed by atoms with Gasteiger partial charge in [-0.1, -0.05) is 25.1 Å². The quantitative estimate of drug-likeness (QED) is 0.746. The van der Waals surface area contributed by atoms with E-state index in [0.717, 1.165) is 39.9 Å². The van der Waals surface area contributed by atoms with Crippen LogP contribution in [0.2, 0.25) is 0 Å². The number of nitrogen functional groups attached to an aromatic ring is 1. The average Bonchev–Trinajstić information content (AvgIpc) is 2.54. The number of hydrogen-bond donors (Lipinski definition) is 1. The van der Waals surface area contributed by atoms with Gasteiger partial charge in [-0.25, -0.2) is 0 Å². The van der Waals surface area contributed by atoms with Crippen molar-refractivity contribution in [3.05, 3.63) is 48.2 Å². The third-order valence-corrected chi connectivity index (χ3v) is 3.61. The predicted octanol–water partition coefficient (Wildman–Crippen LogP) is 3.45. The van der Waals surface area contributed by atoms with Crippen LogP contribution in [0.1, 0.15) is 12.6 Å². The molecule has 21 heavy (non-hydrogen) atoms. The van der Waals surface area contributed by atoms with Gasteiger partial charge in [0.05, 0.1) is 12.8 Å². The third kappa shape index (κ3) is 2.29. The van der Waals surface area contributed by atoms with Crippen LogP contribution >= 0.6 is 0 Å². The Hall–Kier alpha value is -2.62. The molecule has 0 fully saturated rings. The maximum absolute atomic E-state index is 6.09. The van der Waals surface area contributed by atoms with Crippen LogP contribution in [0.5, 0.6) is 5.75 Å². The summed E-state index contributed by atoms with van der Waals surface area (Å²) in [6.07, 6.45) is 0.834. The van der Waals surface area contributed by atoms with Crippen LogP contribution in [-0.4, -0.2) is 17.3 Å². The standard InChI is InChI=1S/C17H17N3O/c1-3-16-12-9-8-11(21-2)10-14(12)17(20-19-16)13-6-4-5-7-15(13)18/h4-10H,3,18H2,1-2H3. The second-order valence-electron chi connectivity index (χ2n) is 4.85. The van der Waals surface area contributed by atoms with Crippen LogP contribution in [0.4, 0.5) is 5.69 Å². The normalized spacial score (nSPS) is 10.8. The highest BCUT2D eigenvalue weighted by molar-refractivity contribution is 5.98. The molecule has 0 aliphatic carbocycles. The van der Waals surface area contributed by atoms with Gasteiger partial charge >= 0.3 is 0 Å². The first-order chi connectivity index (χ1) is 10.2. The van der Waals surface area contributed by atoms with Crippen molar-refractivity contribution in [2.75, 3.05) is 12.8 Å². The lowest BCUT2D eigenvalue weighted by atomic mass is 10.0. The van der Waals surface area contributed by atoms with Crippen molar-refractivity contribution in [2.24, 2.45) is 0 Å². The van der Waals surface area contributed by atoms with Gasteiger partial charge in [0.2, 0.25) is 0 Å². The highest BCUT2D eigenvalue weighted by atomic mass is 16.5. The number of aromatic nitrogens is 2. The van der Waals surface area contributed by atoms with Gasteiger partial charge in [-0.05, 0) is 30.7 Å². The van der Waals surface area contributed by atoms with E-state index < -0.39 is 0 Å². The fourth-order valence-electron chi connectivity index (χ4n) is 2.49. The van der Waals surface area contributed by atoms with Crippen molar-refractivity contribution in [1.82, 2.24) is 10.2 Å². The van der Waals surface area contributed by atoms with Crippen molar-refractivity contribution >= 4 is 16.5 Å². The van der Waals surface area contributed by atoms with E-state index in [9.17, 15) is 0 Å². The van der Waals surface area contributed by atoms with Gasteiger partial charge < -0.3 is 10.5 Å². The number of methoxy groups -OCH3 is 1. The molecular weight excluding hydrogens is 262 g/mol. The van der Waals surface area contributed by atoms with Gasteiger partial charge in [-0.15, -0.1) is 5.10 Å². The molecular formula is C17H17N3O. The van der Waals surface area contributed by atoms with Crippen LogP contribution < -0.4 is 10.5 Å². The lowest BCUT2D eigenvalue weighted by molar-refractivity contribution is 0.415. The highest BCUT2D eigenvalue weighted by Crippen LogP contribution is 2.33. The van der Waals surface area contributed by atoms with Gasteiger partial charge in [0.15, 0.2) is 0 Å². The van der Waals surface area contributed by atoms with Crippen LogP contribution in [-0.2, 0) is 6.42 Å². The van der Waals surface area contributed by atoms with E-state index in [4.69, 9.17) is 10.5 Å². The van der Waals surface area contributed by atoms with Crippen LogP contribution in [0.25, 0.3) is 22.0 Å². The Morgan fingerprint density at radius 1 is 1.05 bits per heavy atom. The van der Waals surface area contributed by atoms with Crippen molar-refractivity contribution in [3.63, 3.8) is 0 Å². The fraction of sp³-hybridized carbons (Fsp3) is 0.176. The van der Waals surface area contributed by atoms with E-state index in [1.165, 1.54) is 0 Å². The summed E-state index contributed by atoms with van der Waals surface area (Å²) in [4.78, 5) is 0. The molecule has 1 heterocycles. The molecule has 0 saturated heterocycles. The van der Waals surface area contributed by atoms with Gasteiger partial charge in [0.1, 0.15) is 11.4 Å². The molecule has 3 aromatic rings. The lowest BCUT2D eigenvalue weighted by Gasteiger charge is -2.11. The zero-order chi connectivity index (χ0) is 14.8. The Balaban J connectivity index is 2.35. The van der Waals surface area contributed by atoms with E-state index in [1.807, 2.05) is 42.5 Å². The summed E-state index contributed by atoms with van der Waals surface area (Å²) in [5, 5.41) is 10.9. The summed E-state index contributed by atoms with van der Waals surface area (Å²) in [5.41, 5.74) is 9.44. The molecule has 0 spiro atoms. The maximum Gasteiger partial charge on any atom is 0.119 e. The summed E-state index contributed by atoms with van der Waals surface area (Å²) < 4.78 is 5.34. The molecule has 2 aromatic carbocycles. The first-order valence-corrected chi connectivity index (χ1v) is 6.92. The molecule has 0 aliphatic heterocycles. The first kappa shape index (κ1) is 13.4. The molecule has 106 valence electrons. The Morgan fingerprint density at radius 2 is 1.86 bits per heavy atom. The molecule has 4 nitrogen and oxygen atoms in total. The lowest BCUT2D eigenvalue weighted by Crippen LogP contribution is -1.99. The second-order valence-corrected chi connectivity index (χ2v) is 4.85. The summed E-state index contributed by atoms with van der Waals surface area (Å²) >= 11 is 0. The minimum Gasteiger partial charge on any atom is -0.497 e. The van der Waals surface area contributed by atoms with E-state index >= 15 is 0 Å². The number of nitrogens with zero attached hydrogens (tertiary/aromatic N) is 2. The number of fused-ring (bicyclic) bond motifs is 1. The highest BCUT2D eigenvalue weighted by Gasteiger charge is 2.13. The Bertz CT molecular complexity index is 799. The van der Waals surface area contributed by atoms with Gasteiger partial charge in [-0.3, -0.25) is 0 Å². The van der Waals surface area contributed by atoms with Crippen LogP contribution in [0.3, 0.4) is 0 Å². The van der Waals surface area contributed by atoms with Crippen LogP contribution in [0.15, 0.2) is 42.5 Å². The van der Waals surface area contributed by atoms with E-state index in [1.54, 1.807) is 7.11 Å². The number of para-hydroxylation sites is 1. The Morgan fingerprint density at radius 3 is 2.57 bits per heavy atom. The minimum absolute atomic E-state index is 0.695. The van der Waals surface area contributed by atoms with Gasteiger partial charge in [0, 0.05) is 22.0 Å². The predicted molar refractivity (Wildman–Crippen MR) is 85.3 cm³/mol. The fourth-order valence-corrected chi connectivity index (χ4v) is 2.49. The molecule has 0 bridgehead atoms. The van der Waals surface area contributed by atoms with E-state index in [-0.39, 0.29) is 0 Å². The molecule has 1 aromatic heterocycles. The molecule has 0 saturated carbocycles. The van der Waals surface area contributed by atoms with Crippen LogP contribution in [0, 0.1) is 0 Å². The molecule has 0 aliphatic rings. The molecule has 0 radical (unpaired) electrons. The molecule has 0 atom stereocenters.